The summed E-state index contributed by atoms with van der Waals surface area (Å²) >= 11 is 1.45. The topological polar surface area (TPSA) is 74.7 Å². The van der Waals surface area contributed by atoms with Gasteiger partial charge in [-0.3, -0.25) is 14.4 Å². The van der Waals surface area contributed by atoms with E-state index in [1.807, 2.05) is 19.1 Å². The number of carboxylic acid groups (broad SMARTS) is 1. The lowest BCUT2D eigenvalue weighted by molar-refractivity contribution is -0.141. The number of ketones is 1. The summed E-state index contributed by atoms with van der Waals surface area (Å²) in [5, 5.41) is 9.69. The molecule has 0 unspecified atom stereocenters. The predicted molar refractivity (Wildman–Crippen MR) is 82.4 cm³/mol. The number of carbonyl (C=O) groups is 3. The lowest BCUT2D eigenvalue weighted by atomic mass is 9.91. The quantitative estimate of drug-likeness (QED) is 0.861. The van der Waals surface area contributed by atoms with E-state index in [0.717, 1.165) is 11.3 Å². The molecule has 114 valence electrons. The molecule has 0 saturated carbocycles. The first-order valence-electron chi connectivity index (χ1n) is 7.00. The van der Waals surface area contributed by atoms with Crippen molar-refractivity contribution in [1.82, 2.24) is 4.90 Å². The van der Waals surface area contributed by atoms with Crippen LogP contribution in [0.4, 0.5) is 0 Å². The summed E-state index contributed by atoms with van der Waals surface area (Å²) in [5.41, 5.74) is 1.88. The van der Waals surface area contributed by atoms with Crippen LogP contribution in [0.25, 0.3) is 0 Å². The van der Waals surface area contributed by atoms with Crippen molar-refractivity contribution in [1.29, 1.82) is 0 Å². The second-order valence-corrected chi connectivity index (χ2v) is 6.49. The lowest BCUT2D eigenvalue weighted by Crippen LogP contribution is -2.29. The van der Waals surface area contributed by atoms with Crippen molar-refractivity contribution in [2.24, 2.45) is 5.92 Å². The molecule has 5 nitrogen and oxygen atoms in total. The van der Waals surface area contributed by atoms with Gasteiger partial charge >= 0.3 is 5.97 Å². The molecule has 1 N–H and O–H groups in total. The number of hydrogen-bond acceptors (Lipinski definition) is 4. The summed E-state index contributed by atoms with van der Waals surface area (Å²) in [5.74, 6) is -1.70. The van der Waals surface area contributed by atoms with E-state index in [9.17, 15) is 14.4 Å². The number of fused-ring (bicyclic) bond motifs is 1. The Hall–Kier alpha value is -2.08. The standard InChI is InChI=1S/C16H15NO4S/c1-9-2-4-10(5-3-9)14(20)13-11(8-12(18)19)15(21)17-6-7-22-16(13)17/h2-5,11H,6-8H2,1H3,(H,18,19)/t11-/m1/s1. The molecule has 0 spiro atoms. The molecule has 0 aliphatic carbocycles. The number of amides is 1. The first-order valence-corrected chi connectivity index (χ1v) is 7.99. The highest BCUT2D eigenvalue weighted by atomic mass is 32.2. The second kappa shape index (κ2) is 5.61. The van der Waals surface area contributed by atoms with Crippen molar-refractivity contribution in [3.63, 3.8) is 0 Å². The number of carbonyl (C=O) groups excluding carboxylic acids is 2. The van der Waals surface area contributed by atoms with Crippen LogP contribution in [0.3, 0.4) is 0 Å². The largest absolute Gasteiger partial charge is 0.481 e. The molecule has 3 rings (SSSR count). The van der Waals surface area contributed by atoms with Gasteiger partial charge in [0.15, 0.2) is 5.78 Å². The van der Waals surface area contributed by atoms with Crippen LogP contribution in [-0.4, -0.2) is 40.0 Å². The van der Waals surface area contributed by atoms with Gasteiger partial charge in [-0.25, -0.2) is 0 Å². The van der Waals surface area contributed by atoms with Crippen LogP contribution in [0.15, 0.2) is 34.9 Å². The number of benzene rings is 1. The lowest BCUT2D eigenvalue weighted by Gasteiger charge is -2.12. The van der Waals surface area contributed by atoms with Gasteiger partial charge in [0.1, 0.15) is 0 Å². The van der Waals surface area contributed by atoms with E-state index in [-0.39, 0.29) is 18.1 Å². The predicted octanol–water partition coefficient (Wildman–Crippen LogP) is 2.07. The molecule has 1 aromatic carbocycles. The Bertz CT molecular complexity index is 693. The molecule has 6 heteroatoms. The molecule has 1 amide bonds. The van der Waals surface area contributed by atoms with Crippen LogP contribution in [-0.2, 0) is 9.59 Å². The second-order valence-electron chi connectivity index (χ2n) is 5.40. The molecule has 2 aliphatic rings. The molecule has 2 aliphatic heterocycles. The van der Waals surface area contributed by atoms with Crippen molar-refractivity contribution in [2.45, 2.75) is 13.3 Å². The Labute approximate surface area is 132 Å². The molecule has 22 heavy (non-hydrogen) atoms. The molecule has 0 bridgehead atoms. The van der Waals surface area contributed by atoms with Crippen LogP contribution in [0.2, 0.25) is 0 Å². The Morgan fingerprint density at radius 1 is 1.32 bits per heavy atom. The molecular formula is C16H15NO4S. The van der Waals surface area contributed by atoms with Crippen LogP contribution in [0.5, 0.6) is 0 Å². The highest BCUT2D eigenvalue weighted by Crippen LogP contribution is 2.43. The average molecular weight is 317 g/mol. The van der Waals surface area contributed by atoms with E-state index in [2.05, 4.69) is 0 Å². The molecule has 1 fully saturated rings. The van der Waals surface area contributed by atoms with E-state index in [1.54, 1.807) is 17.0 Å². The number of Topliss-reactive ketones (excluding diaryl/α,β-unsaturated/α-hetero) is 1. The van der Waals surface area contributed by atoms with Crippen molar-refractivity contribution < 1.29 is 19.5 Å². The number of aliphatic carboxylic acids is 1. The van der Waals surface area contributed by atoms with E-state index in [0.29, 0.717) is 22.7 Å². The van der Waals surface area contributed by atoms with Crippen LogP contribution in [0, 0.1) is 12.8 Å². The summed E-state index contributed by atoms with van der Waals surface area (Å²) < 4.78 is 0. The number of thioether (sulfide) groups is 1. The molecule has 0 radical (unpaired) electrons. The summed E-state index contributed by atoms with van der Waals surface area (Å²) in [6.07, 6.45) is -0.341. The zero-order chi connectivity index (χ0) is 15.9. The summed E-state index contributed by atoms with van der Waals surface area (Å²) in [4.78, 5) is 37.8. The number of nitrogens with zero attached hydrogens (tertiary/aromatic N) is 1. The Kier molecular flexibility index (Phi) is 3.78. The van der Waals surface area contributed by atoms with Gasteiger partial charge in [-0.2, -0.15) is 0 Å². The van der Waals surface area contributed by atoms with Crippen LogP contribution < -0.4 is 0 Å². The van der Waals surface area contributed by atoms with Crippen molar-refractivity contribution >= 4 is 29.4 Å². The van der Waals surface area contributed by atoms with E-state index >= 15 is 0 Å². The Balaban J connectivity index is 2.02. The molecule has 1 aromatic rings. The number of hydrogen-bond donors (Lipinski definition) is 1. The fraction of sp³-hybridized carbons (Fsp3) is 0.312. The molecular weight excluding hydrogens is 302 g/mol. The van der Waals surface area contributed by atoms with E-state index in [4.69, 9.17) is 5.11 Å². The minimum absolute atomic E-state index is 0.244. The fourth-order valence-corrected chi connectivity index (χ4v) is 3.98. The molecule has 0 aromatic heterocycles. The van der Waals surface area contributed by atoms with Gasteiger partial charge in [0.25, 0.3) is 0 Å². The zero-order valence-electron chi connectivity index (χ0n) is 12.0. The van der Waals surface area contributed by atoms with Gasteiger partial charge in [-0.05, 0) is 6.92 Å². The Morgan fingerprint density at radius 2 is 2.00 bits per heavy atom. The molecule has 1 saturated heterocycles. The normalized spacial score (nSPS) is 20.5. The highest BCUT2D eigenvalue weighted by molar-refractivity contribution is 8.03. The van der Waals surface area contributed by atoms with Gasteiger partial charge < -0.3 is 10.0 Å². The van der Waals surface area contributed by atoms with Crippen LogP contribution in [0.1, 0.15) is 22.3 Å². The summed E-state index contributed by atoms with van der Waals surface area (Å²) in [6.45, 7) is 2.47. The number of rotatable bonds is 4. The van der Waals surface area contributed by atoms with Gasteiger partial charge in [0.2, 0.25) is 5.91 Å². The monoisotopic (exact) mass is 317 g/mol. The SMILES string of the molecule is Cc1ccc(C(=O)C2=C3SCCN3C(=O)[C@@H]2CC(=O)O)cc1. The third-order valence-electron chi connectivity index (χ3n) is 3.88. The minimum Gasteiger partial charge on any atom is -0.481 e. The van der Waals surface area contributed by atoms with Crippen LogP contribution >= 0.6 is 11.8 Å². The van der Waals surface area contributed by atoms with Gasteiger partial charge in [0.05, 0.1) is 17.4 Å². The van der Waals surface area contributed by atoms with Gasteiger partial charge in [-0.1, -0.05) is 29.8 Å². The first kappa shape index (κ1) is 14.8. The average Bonchev–Trinajstić information content (AvgIpc) is 3.03. The van der Waals surface area contributed by atoms with E-state index < -0.39 is 11.9 Å². The smallest absolute Gasteiger partial charge is 0.304 e. The van der Waals surface area contributed by atoms with Crippen molar-refractivity contribution in [3.05, 3.63) is 46.0 Å². The first-order chi connectivity index (χ1) is 10.5. The zero-order valence-corrected chi connectivity index (χ0v) is 12.9. The van der Waals surface area contributed by atoms with Crippen molar-refractivity contribution in [3.8, 4) is 0 Å². The third-order valence-corrected chi connectivity index (χ3v) is 4.98. The van der Waals surface area contributed by atoms with Crippen molar-refractivity contribution in [2.75, 3.05) is 12.3 Å². The summed E-state index contributed by atoms with van der Waals surface area (Å²) in [6, 6.07) is 7.10. The molecule has 1 atom stereocenters. The van der Waals surface area contributed by atoms with E-state index in [1.165, 1.54) is 11.8 Å². The number of carboxylic acids is 1. The fourth-order valence-electron chi connectivity index (χ4n) is 2.79. The highest BCUT2D eigenvalue weighted by Gasteiger charge is 2.45. The summed E-state index contributed by atoms with van der Waals surface area (Å²) in [7, 11) is 0. The Morgan fingerprint density at radius 3 is 2.64 bits per heavy atom. The maximum Gasteiger partial charge on any atom is 0.304 e. The maximum absolute atomic E-state index is 12.8. The maximum atomic E-state index is 12.8. The third kappa shape index (κ3) is 2.43. The van der Waals surface area contributed by atoms with Gasteiger partial charge in [-0.15, -0.1) is 11.8 Å². The van der Waals surface area contributed by atoms with Gasteiger partial charge in [0, 0.05) is 23.4 Å². The molecule has 2 heterocycles. The number of aryl methyl sites for hydroxylation is 1. The minimum atomic E-state index is -1.07.